The van der Waals surface area contributed by atoms with Crippen molar-refractivity contribution in [2.24, 2.45) is 0 Å². The largest absolute Gasteiger partial charge is 0.544 e. The molecule has 0 aliphatic heterocycles. The van der Waals surface area contributed by atoms with E-state index in [1.165, 1.54) is 12.8 Å². The highest BCUT2D eigenvalue weighted by atomic mass is 16.6. The number of likely N-dealkylation sites (N-methyl/N-ethyl adjacent to an activating group) is 1. The highest BCUT2D eigenvalue weighted by molar-refractivity contribution is 5.70. The normalized spacial score (nSPS) is 13.8. The standard InChI is InChI=1S/C43H71NO7/c1-6-8-10-12-14-16-18-19-20-21-22-24-25-27-29-31-33-41(45)50-38-39(37-49-36-35-40(43(47)48)44(3,4)5)51-42(46)34-32-30-28-26-23-17-15-13-11-9-7-2/h8,10,13-17,19-20,22-24,39-40H,6-7,9,11-12,18,21,25-38H2,1-5H3/b10-8+,15-13+,16-14+,20-19+,23-17+,24-22+. The van der Waals surface area contributed by atoms with E-state index in [1.807, 2.05) is 0 Å². The number of hydrogen-bond donors (Lipinski definition) is 0. The molecule has 0 aliphatic carbocycles. The van der Waals surface area contributed by atoms with Gasteiger partial charge in [0, 0.05) is 19.3 Å². The third kappa shape index (κ3) is 32.4. The maximum absolute atomic E-state index is 12.6. The van der Waals surface area contributed by atoms with Gasteiger partial charge in [-0.05, 0) is 70.6 Å². The lowest BCUT2D eigenvalue weighted by Crippen LogP contribution is -2.55. The number of quaternary nitrogens is 1. The lowest BCUT2D eigenvalue weighted by Gasteiger charge is -2.34. The molecule has 0 radical (unpaired) electrons. The van der Waals surface area contributed by atoms with E-state index in [-0.39, 0.29) is 49.1 Å². The summed E-state index contributed by atoms with van der Waals surface area (Å²) in [6.07, 6.45) is 40.7. The third-order valence-electron chi connectivity index (χ3n) is 8.10. The fourth-order valence-corrected chi connectivity index (χ4v) is 5.04. The van der Waals surface area contributed by atoms with Crippen LogP contribution in [0.15, 0.2) is 72.9 Å². The number of carboxylic acids is 1. The Kier molecular flexibility index (Phi) is 31.7. The topological polar surface area (TPSA) is 102 Å². The number of carbonyl (C=O) groups excluding carboxylic acids is 3. The van der Waals surface area contributed by atoms with Gasteiger partial charge in [0.05, 0.1) is 40.3 Å². The number of ether oxygens (including phenoxy) is 3. The molecule has 0 aromatic heterocycles. The zero-order valence-corrected chi connectivity index (χ0v) is 32.7. The van der Waals surface area contributed by atoms with Crippen molar-refractivity contribution >= 4 is 17.9 Å². The van der Waals surface area contributed by atoms with Crippen LogP contribution in [-0.4, -0.2) is 75.5 Å². The van der Waals surface area contributed by atoms with Gasteiger partial charge in [-0.1, -0.05) is 112 Å². The van der Waals surface area contributed by atoms with Crippen LogP contribution >= 0.6 is 0 Å². The molecule has 0 aromatic rings. The van der Waals surface area contributed by atoms with Crippen molar-refractivity contribution in [3.05, 3.63) is 72.9 Å². The Labute approximate surface area is 311 Å². The summed E-state index contributed by atoms with van der Waals surface area (Å²) in [5, 5.41) is 11.6. The third-order valence-corrected chi connectivity index (χ3v) is 8.10. The number of carbonyl (C=O) groups is 3. The first-order valence-corrected chi connectivity index (χ1v) is 19.5. The van der Waals surface area contributed by atoms with Gasteiger partial charge in [0.15, 0.2) is 6.10 Å². The van der Waals surface area contributed by atoms with Gasteiger partial charge >= 0.3 is 11.9 Å². The highest BCUT2D eigenvalue weighted by Crippen LogP contribution is 2.11. The molecule has 0 aromatic carbocycles. The van der Waals surface area contributed by atoms with Crippen molar-refractivity contribution in [2.45, 2.75) is 142 Å². The molecule has 0 fully saturated rings. The van der Waals surface area contributed by atoms with E-state index in [4.69, 9.17) is 14.2 Å². The van der Waals surface area contributed by atoms with E-state index in [0.29, 0.717) is 12.8 Å². The van der Waals surface area contributed by atoms with E-state index in [2.05, 4.69) is 86.8 Å². The van der Waals surface area contributed by atoms with Gasteiger partial charge in [-0.15, -0.1) is 0 Å². The summed E-state index contributed by atoms with van der Waals surface area (Å²) in [7, 11) is 5.37. The van der Waals surface area contributed by atoms with E-state index in [0.717, 1.165) is 77.0 Å². The Morgan fingerprint density at radius 1 is 0.627 bits per heavy atom. The molecule has 2 unspecified atom stereocenters. The summed E-state index contributed by atoms with van der Waals surface area (Å²) in [5.74, 6) is -1.83. The average Bonchev–Trinajstić information content (AvgIpc) is 3.08. The van der Waals surface area contributed by atoms with Gasteiger partial charge in [-0.25, -0.2) is 0 Å². The molecule has 0 spiro atoms. The highest BCUT2D eigenvalue weighted by Gasteiger charge is 2.25. The first-order chi connectivity index (χ1) is 24.6. The predicted molar refractivity (Wildman–Crippen MR) is 208 cm³/mol. The number of hydrogen-bond acceptors (Lipinski definition) is 7. The maximum atomic E-state index is 12.6. The van der Waals surface area contributed by atoms with Gasteiger partial charge in [0.2, 0.25) is 0 Å². The summed E-state index contributed by atoms with van der Waals surface area (Å²) in [6.45, 7) is 4.39. The van der Waals surface area contributed by atoms with Gasteiger partial charge in [0.25, 0.3) is 0 Å². The van der Waals surface area contributed by atoms with Crippen LogP contribution in [0.4, 0.5) is 0 Å². The second-order valence-electron chi connectivity index (χ2n) is 13.8. The van der Waals surface area contributed by atoms with Crippen LogP contribution in [0.1, 0.15) is 129 Å². The molecule has 290 valence electrons. The lowest BCUT2D eigenvalue weighted by atomic mass is 10.1. The zero-order valence-electron chi connectivity index (χ0n) is 32.7. The number of unbranched alkanes of at least 4 members (excludes halogenated alkanes) is 8. The Morgan fingerprint density at radius 3 is 1.71 bits per heavy atom. The van der Waals surface area contributed by atoms with Crippen LogP contribution in [0.5, 0.6) is 0 Å². The van der Waals surface area contributed by atoms with Crippen molar-refractivity contribution in [2.75, 3.05) is 41.0 Å². The van der Waals surface area contributed by atoms with Crippen LogP contribution in [0, 0.1) is 0 Å². The Balaban J connectivity index is 4.51. The summed E-state index contributed by atoms with van der Waals surface area (Å²) in [4.78, 5) is 36.6. The molecular weight excluding hydrogens is 642 g/mol. The molecule has 0 N–H and O–H groups in total. The molecule has 8 heteroatoms. The molecule has 0 bridgehead atoms. The molecule has 0 rings (SSSR count). The van der Waals surface area contributed by atoms with Gasteiger partial charge in [0.1, 0.15) is 12.6 Å². The van der Waals surface area contributed by atoms with E-state index in [9.17, 15) is 19.5 Å². The molecule has 0 saturated carbocycles. The second kappa shape index (κ2) is 33.9. The molecule has 2 atom stereocenters. The Hall–Kier alpha value is -3.23. The SMILES string of the molecule is CC/C=C/C/C=C/C/C=C/C/C=C/CCCCCC(=O)OCC(COCCC(C(=O)[O-])[N+](C)(C)C)OC(=O)CCCCC/C=C/C=C/CCCC. The predicted octanol–water partition coefficient (Wildman–Crippen LogP) is 8.68. The van der Waals surface area contributed by atoms with Crippen LogP contribution in [0.2, 0.25) is 0 Å². The second-order valence-corrected chi connectivity index (χ2v) is 13.8. The number of nitrogens with zero attached hydrogens (tertiary/aromatic N) is 1. The smallest absolute Gasteiger partial charge is 0.306 e. The minimum Gasteiger partial charge on any atom is -0.544 e. The van der Waals surface area contributed by atoms with E-state index >= 15 is 0 Å². The Bertz CT molecular complexity index is 1060. The van der Waals surface area contributed by atoms with Gasteiger partial charge in [-0.3, -0.25) is 9.59 Å². The average molecular weight is 714 g/mol. The zero-order chi connectivity index (χ0) is 37.8. The maximum Gasteiger partial charge on any atom is 0.306 e. The molecule has 0 aliphatic rings. The summed E-state index contributed by atoms with van der Waals surface area (Å²) >= 11 is 0. The first kappa shape index (κ1) is 47.8. The summed E-state index contributed by atoms with van der Waals surface area (Å²) < 4.78 is 17.0. The van der Waals surface area contributed by atoms with Crippen molar-refractivity contribution in [3.8, 4) is 0 Å². The number of aliphatic carboxylic acids is 1. The molecular formula is C43H71NO7. The number of carboxylic acid groups (broad SMARTS) is 1. The molecule has 0 saturated heterocycles. The van der Waals surface area contributed by atoms with Crippen LogP contribution in [0.3, 0.4) is 0 Å². The van der Waals surface area contributed by atoms with Crippen LogP contribution < -0.4 is 5.11 Å². The number of allylic oxidation sites excluding steroid dienone is 12. The Morgan fingerprint density at radius 2 is 1.16 bits per heavy atom. The molecule has 51 heavy (non-hydrogen) atoms. The molecule has 0 amide bonds. The van der Waals surface area contributed by atoms with Crippen molar-refractivity contribution in [3.63, 3.8) is 0 Å². The quantitative estimate of drug-likeness (QED) is 0.0221. The fraction of sp³-hybridized carbons (Fsp3) is 0.651. The van der Waals surface area contributed by atoms with Crippen molar-refractivity contribution in [1.29, 1.82) is 0 Å². The monoisotopic (exact) mass is 714 g/mol. The molecule has 0 heterocycles. The number of esters is 2. The van der Waals surface area contributed by atoms with Crippen LogP contribution in [0.25, 0.3) is 0 Å². The van der Waals surface area contributed by atoms with Crippen molar-refractivity contribution in [1.82, 2.24) is 0 Å². The van der Waals surface area contributed by atoms with Gasteiger partial charge in [-0.2, -0.15) is 0 Å². The fourth-order valence-electron chi connectivity index (χ4n) is 5.04. The minimum absolute atomic E-state index is 0.0152. The van der Waals surface area contributed by atoms with E-state index < -0.39 is 18.1 Å². The number of rotatable bonds is 33. The summed E-state index contributed by atoms with van der Waals surface area (Å²) in [6, 6.07) is -0.737. The van der Waals surface area contributed by atoms with Crippen LogP contribution in [-0.2, 0) is 28.6 Å². The first-order valence-electron chi connectivity index (χ1n) is 19.5. The van der Waals surface area contributed by atoms with Crippen molar-refractivity contribution < 1.29 is 38.2 Å². The van der Waals surface area contributed by atoms with E-state index in [1.54, 1.807) is 21.1 Å². The minimum atomic E-state index is -1.14. The lowest BCUT2D eigenvalue weighted by molar-refractivity contribution is -0.889. The van der Waals surface area contributed by atoms with Gasteiger partial charge < -0.3 is 28.6 Å². The molecule has 8 nitrogen and oxygen atoms in total. The summed E-state index contributed by atoms with van der Waals surface area (Å²) in [5.41, 5.74) is 0.